The molecule has 128 valence electrons. The first-order valence-electron chi connectivity index (χ1n) is 8.21. The lowest BCUT2D eigenvalue weighted by molar-refractivity contribution is -0.137. The highest BCUT2D eigenvalue weighted by molar-refractivity contribution is 5.68. The van der Waals surface area contributed by atoms with Crippen LogP contribution in [0.5, 0.6) is 0 Å². The van der Waals surface area contributed by atoms with Crippen LogP contribution in [0.3, 0.4) is 0 Å². The summed E-state index contributed by atoms with van der Waals surface area (Å²) < 4.78 is 13.3. The van der Waals surface area contributed by atoms with E-state index in [0.29, 0.717) is 6.04 Å². The Morgan fingerprint density at radius 3 is 2.91 bits per heavy atom. The first-order chi connectivity index (χ1) is 11.0. The molecule has 0 radical (unpaired) electrons. The van der Waals surface area contributed by atoms with Crippen LogP contribution in [0, 0.1) is 5.82 Å². The van der Waals surface area contributed by atoms with E-state index in [9.17, 15) is 9.18 Å². The molecule has 3 N–H and O–H groups in total. The summed E-state index contributed by atoms with van der Waals surface area (Å²) in [6.45, 7) is 0.915. The van der Waals surface area contributed by atoms with Crippen molar-refractivity contribution in [1.82, 2.24) is 15.8 Å². The Bertz CT molecular complexity index is 512. The van der Waals surface area contributed by atoms with E-state index in [2.05, 4.69) is 10.9 Å². The van der Waals surface area contributed by atoms with Gasteiger partial charge in [0, 0.05) is 12.1 Å². The van der Waals surface area contributed by atoms with Gasteiger partial charge in [-0.05, 0) is 50.6 Å². The lowest BCUT2D eigenvalue weighted by Crippen LogP contribution is -2.30. The summed E-state index contributed by atoms with van der Waals surface area (Å²) >= 11 is 0. The smallest absolute Gasteiger partial charge is 0.317 e. The summed E-state index contributed by atoms with van der Waals surface area (Å²) in [5.41, 5.74) is 7.51. The van der Waals surface area contributed by atoms with Gasteiger partial charge < -0.3 is 5.11 Å². The molecular formula is C17H26FN3O2. The van der Waals surface area contributed by atoms with Gasteiger partial charge in [-0.1, -0.05) is 25.0 Å². The van der Waals surface area contributed by atoms with E-state index in [-0.39, 0.29) is 18.4 Å². The number of nitrogens with zero attached hydrogens (tertiary/aromatic N) is 1. The summed E-state index contributed by atoms with van der Waals surface area (Å²) in [6.07, 6.45) is 5.24. The van der Waals surface area contributed by atoms with Gasteiger partial charge in [0.25, 0.3) is 0 Å². The van der Waals surface area contributed by atoms with Crippen LogP contribution < -0.4 is 10.9 Å². The molecule has 1 aromatic rings. The second kappa shape index (κ2) is 8.96. The van der Waals surface area contributed by atoms with Crippen molar-refractivity contribution in [3.63, 3.8) is 0 Å². The van der Waals surface area contributed by atoms with Crippen LogP contribution in [0.2, 0.25) is 0 Å². The lowest BCUT2D eigenvalue weighted by atomic mass is 9.99. The summed E-state index contributed by atoms with van der Waals surface area (Å²) in [5, 5.41) is 8.69. The zero-order valence-electron chi connectivity index (χ0n) is 13.6. The van der Waals surface area contributed by atoms with E-state index in [0.717, 1.165) is 44.2 Å². The molecule has 0 bridgehead atoms. The van der Waals surface area contributed by atoms with Crippen molar-refractivity contribution in [2.24, 2.45) is 0 Å². The third-order valence-corrected chi connectivity index (χ3v) is 4.23. The summed E-state index contributed by atoms with van der Waals surface area (Å²) in [5.74, 6) is -0.977. The van der Waals surface area contributed by atoms with Crippen molar-refractivity contribution >= 4 is 5.97 Å². The molecule has 2 atom stereocenters. The van der Waals surface area contributed by atoms with Crippen molar-refractivity contribution in [2.45, 2.75) is 44.2 Å². The first kappa shape index (κ1) is 17.8. The van der Waals surface area contributed by atoms with Crippen LogP contribution in [-0.4, -0.2) is 42.2 Å². The highest BCUT2D eigenvalue weighted by atomic mass is 19.1. The molecule has 2 rings (SSSR count). The van der Waals surface area contributed by atoms with Crippen molar-refractivity contribution in [3.8, 4) is 0 Å². The molecule has 0 aromatic heterocycles. The SMILES string of the molecule is CN(CCCCCC1CC(c2cccc(F)c2)NN1)CC(=O)O. The van der Waals surface area contributed by atoms with Crippen molar-refractivity contribution in [2.75, 3.05) is 20.1 Å². The zero-order chi connectivity index (χ0) is 16.7. The number of carboxylic acid groups (broad SMARTS) is 1. The number of halogens is 1. The fourth-order valence-corrected chi connectivity index (χ4v) is 3.01. The summed E-state index contributed by atoms with van der Waals surface area (Å²) in [7, 11) is 1.83. The Balaban J connectivity index is 1.60. The molecule has 1 saturated heterocycles. The number of hydrogen-bond donors (Lipinski definition) is 3. The fraction of sp³-hybridized carbons (Fsp3) is 0.588. The maximum absolute atomic E-state index is 13.3. The molecule has 0 spiro atoms. The molecule has 23 heavy (non-hydrogen) atoms. The summed E-state index contributed by atoms with van der Waals surface area (Å²) in [6, 6.07) is 7.30. The second-order valence-electron chi connectivity index (χ2n) is 6.31. The molecule has 1 aliphatic heterocycles. The topological polar surface area (TPSA) is 64.6 Å². The molecule has 5 nitrogen and oxygen atoms in total. The predicted octanol–water partition coefficient (Wildman–Crippen LogP) is 2.31. The van der Waals surface area contributed by atoms with E-state index in [1.165, 1.54) is 6.07 Å². The molecule has 2 unspecified atom stereocenters. The highest BCUT2D eigenvalue weighted by Crippen LogP contribution is 2.24. The molecule has 6 heteroatoms. The third kappa shape index (κ3) is 6.25. The number of aliphatic carboxylic acids is 1. The van der Waals surface area contributed by atoms with Crippen LogP contribution in [0.25, 0.3) is 0 Å². The maximum Gasteiger partial charge on any atom is 0.317 e. The minimum Gasteiger partial charge on any atom is -0.480 e. The fourth-order valence-electron chi connectivity index (χ4n) is 3.01. The molecule has 0 amide bonds. The minimum absolute atomic E-state index is 0.101. The second-order valence-corrected chi connectivity index (χ2v) is 6.31. The highest BCUT2D eigenvalue weighted by Gasteiger charge is 2.24. The molecule has 1 fully saturated rings. The number of hydrogen-bond acceptors (Lipinski definition) is 4. The van der Waals surface area contributed by atoms with Gasteiger partial charge in [-0.15, -0.1) is 0 Å². The quantitative estimate of drug-likeness (QED) is 0.609. The van der Waals surface area contributed by atoms with E-state index < -0.39 is 5.97 Å². The molecule has 1 aromatic carbocycles. The maximum atomic E-state index is 13.3. The van der Waals surface area contributed by atoms with Crippen LogP contribution in [0.15, 0.2) is 24.3 Å². The number of carbonyl (C=O) groups is 1. The van der Waals surface area contributed by atoms with Gasteiger partial charge in [0.1, 0.15) is 5.82 Å². The number of likely N-dealkylation sites (N-methyl/N-ethyl adjacent to an activating group) is 1. The average Bonchev–Trinajstić information content (AvgIpc) is 2.95. The van der Waals surface area contributed by atoms with E-state index in [1.54, 1.807) is 12.1 Å². The van der Waals surface area contributed by atoms with Crippen LogP contribution in [0.1, 0.15) is 43.7 Å². The largest absolute Gasteiger partial charge is 0.480 e. The number of benzene rings is 1. The zero-order valence-corrected chi connectivity index (χ0v) is 13.6. The van der Waals surface area contributed by atoms with Crippen molar-refractivity contribution in [3.05, 3.63) is 35.6 Å². The minimum atomic E-state index is -0.780. The van der Waals surface area contributed by atoms with E-state index in [4.69, 9.17) is 5.11 Å². The monoisotopic (exact) mass is 323 g/mol. The molecule has 0 saturated carbocycles. The van der Waals surface area contributed by atoms with Gasteiger partial charge in [0.2, 0.25) is 0 Å². The number of carboxylic acids is 1. The molecular weight excluding hydrogens is 297 g/mol. The Kier molecular flexibility index (Phi) is 6.95. The van der Waals surface area contributed by atoms with Gasteiger partial charge in [0.05, 0.1) is 6.54 Å². The van der Waals surface area contributed by atoms with Crippen molar-refractivity contribution < 1.29 is 14.3 Å². The molecule has 1 aliphatic rings. The Labute approximate surface area is 136 Å². The van der Waals surface area contributed by atoms with E-state index >= 15 is 0 Å². The van der Waals surface area contributed by atoms with Crippen molar-refractivity contribution in [1.29, 1.82) is 0 Å². The molecule has 1 heterocycles. The number of rotatable bonds is 9. The van der Waals surface area contributed by atoms with Gasteiger partial charge in [-0.3, -0.25) is 20.5 Å². The van der Waals surface area contributed by atoms with Crippen LogP contribution >= 0.6 is 0 Å². The average molecular weight is 323 g/mol. The standard InChI is InChI=1S/C17H26FN3O2/c1-21(12-17(22)23)9-4-2-3-8-15-11-16(20-19-15)13-6-5-7-14(18)10-13/h5-7,10,15-16,19-20H,2-4,8-9,11-12H2,1H3,(H,22,23). The van der Waals surface area contributed by atoms with Gasteiger partial charge in [0.15, 0.2) is 0 Å². The van der Waals surface area contributed by atoms with E-state index in [1.807, 2.05) is 18.0 Å². The first-order valence-corrected chi connectivity index (χ1v) is 8.21. The Morgan fingerprint density at radius 1 is 1.35 bits per heavy atom. The lowest BCUT2D eigenvalue weighted by Gasteiger charge is -2.14. The number of unbranched alkanes of at least 4 members (excludes halogenated alkanes) is 2. The van der Waals surface area contributed by atoms with Gasteiger partial charge >= 0.3 is 5.97 Å². The summed E-state index contributed by atoms with van der Waals surface area (Å²) in [4.78, 5) is 12.4. The Morgan fingerprint density at radius 2 is 2.17 bits per heavy atom. The van der Waals surface area contributed by atoms with Gasteiger partial charge in [-0.2, -0.15) is 0 Å². The number of nitrogens with one attached hydrogen (secondary N) is 2. The molecule has 0 aliphatic carbocycles. The normalized spacial score (nSPS) is 21.0. The van der Waals surface area contributed by atoms with Crippen LogP contribution in [0.4, 0.5) is 4.39 Å². The van der Waals surface area contributed by atoms with Gasteiger partial charge in [-0.25, -0.2) is 4.39 Å². The Hall–Kier alpha value is -1.50. The van der Waals surface area contributed by atoms with Crippen LogP contribution in [-0.2, 0) is 4.79 Å². The number of hydrazine groups is 1. The third-order valence-electron chi connectivity index (χ3n) is 4.23. The predicted molar refractivity (Wildman–Crippen MR) is 87.4 cm³/mol.